The van der Waals surface area contributed by atoms with E-state index in [0.717, 1.165) is 45.3 Å². The molecule has 26 heavy (non-hydrogen) atoms. The van der Waals surface area contributed by atoms with Crippen LogP contribution < -0.4 is 5.32 Å². The van der Waals surface area contributed by atoms with Crippen LogP contribution in [0.4, 0.5) is 4.79 Å². The third-order valence-corrected chi connectivity index (χ3v) is 4.31. The summed E-state index contributed by atoms with van der Waals surface area (Å²) in [7, 11) is 3.80. The highest BCUT2D eigenvalue weighted by molar-refractivity contribution is 14.0. The van der Waals surface area contributed by atoms with Gasteiger partial charge in [-0.05, 0) is 27.8 Å². The van der Waals surface area contributed by atoms with E-state index in [-0.39, 0.29) is 36.1 Å². The first-order valence-corrected chi connectivity index (χ1v) is 9.00. The molecular formula is C17H34IN5O3. The summed E-state index contributed by atoms with van der Waals surface area (Å²) in [4.78, 5) is 23.1. The molecule has 1 unspecified atom stereocenters. The van der Waals surface area contributed by atoms with Crippen LogP contribution in [0.15, 0.2) is 4.99 Å². The van der Waals surface area contributed by atoms with Gasteiger partial charge in [-0.1, -0.05) is 0 Å². The molecule has 1 saturated heterocycles. The number of nitrogens with one attached hydrogen (secondary N) is 1. The maximum Gasteiger partial charge on any atom is 0.410 e. The van der Waals surface area contributed by atoms with E-state index in [0.29, 0.717) is 13.1 Å². The molecule has 0 saturated carbocycles. The largest absolute Gasteiger partial charge is 0.444 e. The van der Waals surface area contributed by atoms with Gasteiger partial charge in [-0.25, -0.2) is 4.79 Å². The van der Waals surface area contributed by atoms with Gasteiger partial charge < -0.3 is 29.5 Å². The van der Waals surface area contributed by atoms with Crippen molar-refractivity contribution >= 4 is 36.0 Å². The van der Waals surface area contributed by atoms with Crippen molar-refractivity contribution in [2.75, 3.05) is 66.6 Å². The molecule has 2 rings (SSSR count). The normalized spacial score (nSPS) is 19.8. The molecule has 0 aliphatic carbocycles. The minimum Gasteiger partial charge on any atom is -0.444 e. The summed E-state index contributed by atoms with van der Waals surface area (Å²) in [6, 6.07) is 0.245. The second-order valence-electron chi connectivity index (χ2n) is 7.66. The molecule has 1 atom stereocenters. The first-order chi connectivity index (χ1) is 11.8. The molecule has 1 amide bonds. The van der Waals surface area contributed by atoms with Crippen LogP contribution in [0.1, 0.15) is 20.8 Å². The molecule has 2 heterocycles. The molecule has 0 spiro atoms. The molecule has 2 aliphatic rings. The van der Waals surface area contributed by atoms with Gasteiger partial charge >= 0.3 is 6.09 Å². The maximum atomic E-state index is 12.2. The van der Waals surface area contributed by atoms with E-state index in [9.17, 15) is 4.79 Å². The lowest BCUT2D eigenvalue weighted by molar-refractivity contribution is 0.0137. The van der Waals surface area contributed by atoms with E-state index in [1.165, 1.54) is 0 Å². The Hall–Kier alpha value is -0.810. The number of hydrogen-bond donors (Lipinski definition) is 1. The first-order valence-electron chi connectivity index (χ1n) is 9.00. The lowest BCUT2D eigenvalue weighted by Gasteiger charge is -2.39. The van der Waals surface area contributed by atoms with Crippen LogP contribution >= 0.6 is 24.0 Å². The van der Waals surface area contributed by atoms with E-state index < -0.39 is 5.60 Å². The molecule has 0 aromatic carbocycles. The molecule has 0 bridgehead atoms. The van der Waals surface area contributed by atoms with E-state index in [1.54, 1.807) is 12.0 Å². The lowest BCUT2D eigenvalue weighted by atomic mass is 10.2. The minimum atomic E-state index is -0.456. The number of rotatable bonds is 6. The number of carbonyl (C=O) groups is 1. The van der Waals surface area contributed by atoms with Crippen molar-refractivity contribution in [3.8, 4) is 0 Å². The van der Waals surface area contributed by atoms with Crippen LogP contribution in [0.3, 0.4) is 0 Å². The van der Waals surface area contributed by atoms with Crippen molar-refractivity contribution in [2.24, 2.45) is 4.99 Å². The molecule has 1 fully saturated rings. The number of fused-ring (bicyclic) bond motifs is 1. The minimum absolute atomic E-state index is 0. The van der Waals surface area contributed by atoms with Crippen LogP contribution in [-0.2, 0) is 9.47 Å². The molecule has 152 valence electrons. The zero-order valence-electron chi connectivity index (χ0n) is 16.7. The lowest BCUT2D eigenvalue weighted by Crippen LogP contribution is -2.57. The fourth-order valence-electron chi connectivity index (χ4n) is 2.94. The summed E-state index contributed by atoms with van der Waals surface area (Å²) >= 11 is 0. The van der Waals surface area contributed by atoms with E-state index in [2.05, 4.69) is 27.2 Å². The highest BCUT2D eigenvalue weighted by Gasteiger charge is 2.36. The van der Waals surface area contributed by atoms with E-state index >= 15 is 0 Å². The van der Waals surface area contributed by atoms with Gasteiger partial charge in [-0.15, -0.1) is 24.0 Å². The Morgan fingerprint density at radius 2 is 2.08 bits per heavy atom. The van der Waals surface area contributed by atoms with Crippen LogP contribution in [0.5, 0.6) is 0 Å². The summed E-state index contributed by atoms with van der Waals surface area (Å²) in [6.07, 6.45) is -0.228. The smallest absolute Gasteiger partial charge is 0.410 e. The monoisotopic (exact) mass is 483 g/mol. The number of carbonyl (C=O) groups excluding carboxylic acids is 1. The number of hydrogen-bond acceptors (Lipinski definition) is 7. The summed E-state index contributed by atoms with van der Waals surface area (Å²) in [5, 5.41) is 3.43. The maximum absolute atomic E-state index is 12.2. The van der Waals surface area contributed by atoms with E-state index in [1.807, 2.05) is 20.8 Å². The van der Waals surface area contributed by atoms with E-state index in [4.69, 9.17) is 9.47 Å². The summed E-state index contributed by atoms with van der Waals surface area (Å²) < 4.78 is 10.6. The van der Waals surface area contributed by atoms with Gasteiger partial charge in [0.15, 0.2) is 5.96 Å². The number of ether oxygens (including phenoxy) is 2. The van der Waals surface area contributed by atoms with Gasteiger partial charge in [-0.3, -0.25) is 4.99 Å². The Kier molecular flexibility index (Phi) is 9.39. The Labute approximate surface area is 174 Å². The van der Waals surface area contributed by atoms with Crippen molar-refractivity contribution in [3.63, 3.8) is 0 Å². The summed E-state index contributed by atoms with van der Waals surface area (Å²) in [5.74, 6) is 0.953. The zero-order chi connectivity index (χ0) is 18.4. The van der Waals surface area contributed by atoms with Gasteiger partial charge in [0, 0.05) is 46.4 Å². The van der Waals surface area contributed by atoms with Crippen molar-refractivity contribution in [2.45, 2.75) is 32.4 Å². The number of halogens is 1. The third kappa shape index (κ3) is 7.07. The molecular weight excluding hydrogens is 449 g/mol. The SMILES string of the molecule is COCCN(C)CCNC1=NCC2CN(C(=O)OC(C)(C)C)CCN12.I. The van der Waals surface area contributed by atoms with Crippen molar-refractivity contribution in [1.29, 1.82) is 0 Å². The van der Waals surface area contributed by atoms with Crippen LogP contribution in [0, 0.1) is 0 Å². The molecule has 1 N–H and O–H groups in total. The van der Waals surface area contributed by atoms with Crippen LogP contribution in [-0.4, -0.2) is 105 Å². The standard InChI is InChI=1S/C17H33N5O3.HI/c1-17(2,3)25-16(23)21-8-9-22-14(13-21)12-19-15(22)18-6-7-20(4)10-11-24-5;/h14H,6-13H2,1-5H3,(H,18,19);1H. The predicted octanol–water partition coefficient (Wildman–Crippen LogP) is 1.06. The zero-order valence-corrected chi connectivity index (χ0v) is 19.0. The van der Waals surface area contributed by atoms with Crippen molar-refractivity contribution < 1.29 is 14.3 Å². The van der Waals surface area contributed by atoms with Gasteiger partial charge in [-0.2, -0.15) is 0 Å². The number of guanidine groups is 1. The fraction of sp³-hybridized carbons (Fsp3) is 0.882. The number of likely N-dealkylation sites (N-methyl/N-ethyl adjacent to an activating group) is 1. The van der Waals surface area contributed by atoms with Gasteiger partial charge in [0.05, 0.1) is 19.2 Å². The average Bonchev–Trinajstić information content (AvgIpc) is 2.93. The fourth-order valence-corrected chi connectivity index (χ4v) is 2.94. The first kappa shape index (κ1) is 23.2. The molecule has 0 aromatic heterocycles. The third-order valence-electron chi connectivity index (χ3n) is 4.31. The molecule has 0 aromatic rings. The predicted molar refractivity (Wildman–Crippen MR) is 113 cm³/mol. The van der Waals surface area contributed by atoms with Gasteiger partial charge in [0.25, 0.3) is 0 Å². The second-order valence-corrected chi connectivity index (χ2v) is 7.66. The Bertz CT molecular complexity index is 484. The molecule has 2 aliphatic heterocycles. The van der Waals surface area contributed by atoms with Gasteiger partial charge in [0.1, 0.15) is 5.60 Å². The Morgan fingerprint density at radius 3 is 2.73 bits per heavy atom. The van der Waals surface area contributed by atoms with Crippen molar-refractivity contribution in [1.82, 2.24) is 20.0 Å². The second kappa shape index (κ2) is 10.5. The van der Waals surface area contributed by atoms with Crippen molar-refractivity contribution in [3.05, 3.63) is 0 Å². The number of aliphatic imine (C=N–C) groups is 1. The van der Waals surface area contributed by atoms with Crippen LogP contribution in [0.25, 0.3) is 0 Å². The highest BCUT2D eigenvalue weighted by Crippen LogP contribution is 2.18. The topological polar surface area (TPSA) is 69.6 Å². The average molecular weight is 483 g/mol. The highest BCUT2D eigenvalue weighted by atomic mass is 127. The van der Waals surface area contributed by atoms with Crippen LogP contribution in [0.2, 0.25) is 0 Å². The number of piperazine rings is 1. The number of nitrogens with zero attached hydrogens (tertiary/aromatic N) is 4. The summed E-state index contributed by atoms with van der Waals surface area (Å²) in [5.41, 5.74) is -0.456. The Morgan fingerprint density at radius 1 is 1.35 bits per heavy atom. The molecule has 8 nitrogen and oxygen atoms in total. The quantitative estimate of drug-likeness (QED) is 0.571. The molecule has 9 heteroatoms. The number of methoxy groups -OCH3 is 1. The van der Waals surface area contributed by atoms with Gasteiger partial charge in [0.2, 0.25) is 0 Å². The Balaban J connectivity index is 0.00000338. The molecule has 0 radical (unpaired) electrons. The summed E-state index contributed by atoms with van der Waals surface area (Å²) in [6.45, 7) is 12.0. The number of amides is 1.